The predicted molar refractivity (Wildman–Crippen MR) is 65.5 cm³/mol. The Balaban J connectivity index is 2.18. The Bertz CT molecular complexity index is 228. The maximum Gasteiger partial charge on any atom is 0.303 e. The highest BCUT2D eigenvalue weighted by molar-refractivity contribution is 5.66. The summed E-state index contributed by atoms with van der Waals surface area (Å²) >= 11 is 0. The van der Waals surface area contributed by atoms with Crippen LogP contribution in [0, 0.1) is 11.3 Å². The molecule has 0 aliphatic carbocycles. The third-order valence-electron chi connectivity index (χ3n) is 4.04. The molecule has 1 heterocycles. The Morgan fingerprint density at radius 2 is 1.94 bits per heavy atom. The second-order valence-corrected chi connectivity index (χ2v) is 5.41. The van der Waals surface area contributed by atoms with E-state index in [1.807, 2.05) is 0 Å². The topological polar surface area (TPSA) is 40.5 Å². The summed E-state index contributed by atoms with van der Waals surface area (Å²) in [4.78, 5) is 12.9. The monoisotopic (exact) mass is 227 g/mol. The third kappa shape index (κ3) is 3.48. The van der Waals surface area contributed by atoms with Crippen LogP contribution < -0.4 is 0 Å². The molecule has 0 aromatic carbocycles. The fourth-order valence-electron chi connectivity index (χ4n) is 2.63. The van der Waals surface area contributed by atoms with Crippen LogP contribution in [0.1, 0.15) is 46.5 Å². The molecule has 0 aromatic rings. The number of hydrogen-bond donors (Lipinski definition) is 1. The molecule has 1 aliphatic heterocycles. The second kappa shape index (κ2) is 5.67. The molecule has 1 rings (SSSR count). The molecule has 1 N–H and O–H groups in total. The highest BCUT2D eigenvalue weighted by Crippen LogP contribution is 2.37. The average Bonchev–Trinajstić information content (AvgIpc) is 2.20. The molecular weight excluding hydrogens is 202 g/mol. The van der Waals surface area contributed by atoms with Gasteiger partial charge in [0.05, 0.1) is 0 Å². The van der Waals surface area contributed by atoms with Gasteiger partial charge in [0.2, 0.25) is 0 Å². The molecule has 0 bridgehead atoms. The maximum absolute atomic E-state index is 10.5. The first kappa shape index (κ1) is 13.5. The van der Waals surface area contributed by atoms with E-state index in [4.69, 9.17) is 5.11 Å². The van der Waals surface area contributed by atoms with E-state index in [0.29, 0.717) is 17.8 Å². The van der Waals surface area contributed by atoms with Crippen LogP contribution in [0.4, 0.5) is 0 Å². The van der Waals surface area contributed by atoms with Crippen molar-refractivity contribution in [1.82, 2.24) is 4.90 Å². The van der Waals surface area contributed by atoms with Crippen LogP contribution in [0.15, 0.2) is 0 Å². The highest BCUT2D eigenvalue weighted by Gasteiger charge is 2.39. The van der Waals surface area contributed by atoms with Crippen molar-refractivity contribution >= 4 is 5.97 Å². The molecule has 1 fully saturated rings. The lowest BCUT2D eigenvalue weighted by atomic mass is 9.75. The summed E-state index contributed by atoms with van der Waals surface area (Å²) in [6.07, 6.45) is 3.64. The van der Waals surface area contributed by atoms with Gasteiger partial charge < -0.3 is 10.0 Å². The van der Waals surface area contributed by atoms with Crippen molar-refractivity contribution in [1.29, 1.82) is 0 Å². The van der Waals surface area contributed by atoms with Crippen LogP contribution >= 0.6 is 0 Å². The van der Waals surface area contributed by atoms with Crippen molar-refractivity contribution in [3.63, 3.8) is 0 Å². The number of carboxylic acid groups (broad SMARTS) is 1. The molecular formula is C13H25NO2. The Labute approximate surface area is 98.8 Å². The smallest absolute Gasteiger partial charge is 0.303 e. The van der Waals surface area contributed by atoms with Crippen molar-refractivity contribution in [3.05, 3.63) is 0 Å². The van der Waals surface area contributed by atoms with E-state index in [1.165, 1.54) is 25.9 Å². The van der Waals surface area contributed by atoms with Gasteiger partial charge in [0.15, 0.2) is 0 Å². The fourth-order valence-corrected chi connectivity index (χ4v) is 2.63. The molecule has 3 nitrogen and oxygen atoms in total. The largest absolute Gasteiger partial charge is 0.481 e. The number of hydrogen-bond acceptors (Lipinski definition) is 2. The summed E-state index contributed by atoms with van der Waals surface area (Å²) in [7, 11) is 0. The summed E-state index contributed by atoms with van der Waals surface area (Å²) in [5.74, 6) is -0.172. The van der Waals surface area contributed by atoms with E-state index in [1.54, 1.807) is 0 Å². The maximum atomic E-state index is 10.5. The van der Waals surface area contributed by atoms with Gasteiger partial charge in [-0.2, -0.15) is 0 Å². The molecule has 0 spiro atoms. The minimum atomic E-state index is -0.674. The SMILES string of the molecule is CCC1(CC)CN(CC(C)CCC(=O)O)C1. The lowest BCUT2D eigenvalue weighted by Crippen LogP contribution is -2.56. The van der Waals surface area contributed by atoms with Crippen molar-refractivity contribution in [2.45, 2.75) is 46.5 Å². The van der Waals surface area contributed by atoms with Gasteiger partial charge in [-0.3, -0.25) is 4.79 Å². The third-order valence-corrected chi connectivity index (χ3v) is 4.04. The van der Waals surface area contributed by atoms with Gasteiger partial charge in [0, 0.05) is 26.1 Å². The predicted octanol–water partition coefficient (Wildman–Crippen LogP) is 2.61. The van der Waals surface area contributed by atoms with Crippen molar-refractivity contribution in [2.75, 3.05) is 19.6 Å². The van der Waals surface area contributed by atoms with Crippen LogP contribution in [0.3, 0.4) is 0 Å². The van der Waals surface area contributed by atoms with Gasteiger partial charge in [-0.05, 0) is 30.6 Å². The normalized spacial score (nSPS) is 21.4. The minimum Gasteiger partial charge on any atom is -0.481 e. The number of nitrogens with zero attached hydrogens (tertiary/aromatic N) is 1. The van der Waals surface area contributed by atoms with Gasteiger partial charge in [-0.25, -0.2) is 0 Å². The Kier molecular flexibility index (Phi) is 4.78. The van der Waals surface area contributed by atoms with E-state index >= 15 is 0 Å². The van der Waals surface area contributed by atoms with Crippen LogP contribution in [-0.4, -0.2) is 35.6 Å². The zero-order chi connectivity index (χ0) is 12.2. The minimum absolute atomic E-state index is 0.307. The molecule has 16 heavy (non-hydrogen) atoms. The zero-order valence-corrected chi connectivity index (χ0v) is 10.8. The molecule has 1 saturated heterocycles. The molecule has 0 saturated carbocycles. The standard InChI is InChI=1S/C13H25NO2/c1-4-13(5-2)9-14(10-13)8-11(3)6-7-12(15)16/h11H,4-10H2,1-3H3,(H,15,16). The van der Waals surface area contributed by atoms with Gasteiger partial charge in [0.25, 0.3) is 0 Å². The second-order valence-electron chi connectivity index (χ2n) is 5.41. The summed E-state index contributed by atoms with van der Waals surface area (Å²) in [6, 6.07) is 0. The van der Waals surface area contributed by atoms with E-state index < -0.39 is 5.97 Å². The number of likely N-dealkylation sites (tertiary alicyclic amines) is 1. The number of rotatable bonds is 7. The summed E-state index contributed by atoms with van der Waals surface area (Å²) in [5, 5.41) is 8.61. The molecule has 1 aliphatic rings. The van der Waals surface area contributed by atoms with Crippen LogP contribution in [-0.2, 0) is 4.79 Å². The lowest BCUT2D eigenvalue weighted by Gasteiger charge is -2.50. The molecule has 0 amide bonds. The van der Waals surface area contributed by atoms with Crippen LogP contribution in [0.5, 0.6) is 0 Å². The Morgan fingerprint density at radius 3 is 2.38 bits per heavy atom. The van der Waals surface area contributed by atoms with E-state index in [0.717, 1.165) is 13.0 Å². The first-order chi connectivity index (χ1) is 7.51. The Morgan fingerprint density at radius 1 is 1.38 bits per heavy atom. The number of carbonyl (C=O) groups is 1. The van der Waals surface area contributed by atoms with Crippen molar-refractivity contribution < 1.29 is 9.90 Å². The van der Waals surface area contributed by atoms with Crippen molar-refractivity contribution in [3.8, 4) is 0 Å². The van der Waals surface area contributed by atoms with Gasteiger partial charge in [0.1, 0.15) is 0 Å². The van der Waals surface area contributed by atoms with Crippen molar-refractivity contribution in [2.24, 2.45) is 11.3 Å². The Hall–Kier alpha value is -0.570. The summed E-state index contributed by atoms with van der Waals surface area (Å²) < 4.78 is 0. The van der Waals surface area contributed by atoms with E-state index in [-0.39, 0.29) is 0 Å². The van der Waals surface area contributed by atoms with Gasteiger partial charge >= 0.3 is 5.97 Å². The first-order valence-electron chi connectivity index (χ1n) is 6.45. The van der Waals surface area contributed by atoms with Gasteiger partial charge in [-0.15, -0.1) is 0 Å². The quantitative estimate of drug-likeness (QED) is 0.727. The van der Waals surface area contributed by atoms with E-state index in [2.05, 4.69) is 25.7 Å². The molecule has 0 radical (unpaired) electrons. The summed E-state index contributed by atoms with van der Waals surface area (Å²) in [5.41, 5.74) is 0.562. The average molecular weight is 227 g/mol. The van der Waals surface area contributed by atoms with E-state index in [9.17, 15) is 4.79 Å². The summed E-state index contributed by atoms with van der Waals surface area (Å²) in [6.45, 7) is 10.2. The number of carboxylic acids is 1. The number of aliphatic carboxylic acids is 1. The fraction of sp³-hybridized carbons (Fsp3) is 0.923. The molecule has 94 valence electrons. The van der Waals surface area contributed by atoms with Crippen LogP contribution in [0.25, 0.3) is 0 Å². The lowest BCUT2D eigenvalue weighted by molar-refractivity contribution is -0.137. The highest BCUT2D eigenvalue weighted by atomic mass is 16.4. The molecule has 3 heteroatoms. The molecule has 1 atom stereocenters. The first-order valence-corrected chi connectivity index (χ1v) is 6.45. The molecule has 1 unspecified atom stereocenters. The molecule has 0 aromatic heterocycles. The van der Waals surface area contributed by atoms with Gasteiger partial charge in [-0.1, -0.05) is 20.8 Å². The zero-order valence-electron chi connectivity index (χ0n) is 10.8. The van der Waals surface area contributed by atoms with Crippen LogP contribution in [0.2, 0.25) is 0 Å².